The van der Waals surface area contributed by atoms with Crippen molar-refractivity contribution in [2.75, 3.05) is 27.8 Å². The first-order valence-corrected chi connectivity index (χ1v) is 12.2. The molecule has 0 aliphatic carbocycles. The first-order chi connectivity index (χ1) is 16.8. The van der Waals surface area contributed by atoms with Gasteiger partial charge in [-0.1, -0.05) is 35.9 Å². The Morgan fingerprint density at radius 3 is 2.29 bits per heavy atom. The molecule has 0 fully saturated rings. The number of ketones is 1. The van der Waals surface area contributed by atoms with Crippen LogP contribution in [0.1, 0.15) is 36.2 Å². The molecule has 190 valence electrons. The number of ether oxygens (including phenoxy) is 5. The normalized spacial score (nSPS) is 12.5. The third kappa shape index (κ3) is 8.58. The Bertz CT molecular complexity index is 997. The van der Waals surface area contributed by atoms with Crippen molar-refractivity contribution in [1.29, 1.82) is 0 Å². The van der Waals surface area contributed by atoms with Crippen LogP contribution in [0.2, 0.25) is 5.02 Å². The Morgan fingerprint density at radius 1 is 1.06 bits per heavy atom. The number of carbonyl (C=O) groups is 2. The molecule has 2 rings (SSSR count). The van der Waals surface area contributed by atoms with Crippen molar-refractivity contribution < 1.29 is 33.3 Å². The standard InChI is InChI=1S/C26H31ClO7S/c1-6-10-17(2)34-26(29)24-20(13-21(28)18(3)35-19-11-8-7-9-12-19)25(27)23(33-16-31-5)14-22(24)32-15-30-4/h6-9,11-12,14,17-18H,1,10,13,15-16H2,2-5H3. The Balaban J connectivity index is 2.49. The van der Waals surface area contributed by atoms with E-state index in [0.29, 0.717) is 6.42 Å². The number of hydrogen-bond donors (Lipinski definition) is 0. The van der Waals surface area contributed by atoms with Gasteiger partial charge in [-0.3, -0.25) is 4.79 Å². The van der Waals surface area contributed by atoms with Gasteiger partial charge in [0, 0.05) is 43.6 Å². The number of Topliss-reactive ketones (excluding diaryl/α,β-unsaturated/α-hetero) is 1. The minimum absolute atomic E-state index is 0.0537. The molecule has 0 saturated heterocycles. The van der Waals surface area contributed by atoms with Gasteiger partial charge < -0.3 is 23.7 Å². The molecule has 2 aromatic carbocycles. The molecule has 0 aromatic heterocycles. The first kappa shape index (κ1) is 28.7. The topological polar surface area (TPSA) is 80.3 Å². The first-order valence-electron chi connectivity index (χ1n) is 11.0. The van der Waals surface area contributed by atoms with Gasteiger partial charge in [-0.15, -0.1) is 18.3 Å². The minimum atomic E-state index is -0.670. The lowest BCUT2D eigenvalue weighted by molar-refractivity contribution is -0.117. The van der Waals surface area contributed by atoms with E-state index in [1.165, 1.54) is 32.0 Å². The van der Waals surface area contributed by atoms with Gasteiger partial charge in [-0.2, -0.15) is 0 Å². The molecule has 0 N–H and O–H groups in total. The quantitative estimate of drug-likeness (QED) is 0.127. The van der Waals surface area contributed by atoms with Crippen LogP contribution in [0.15, 0.2) is 53.9 Å². The molecule has 35 heavy (non-hydrogen) atoms. The Labute approximate surface area is 215 Å². The third-order valence-corrected chi connectivity index (χ3v) is 6.40. The molecular weight excluding hydrogens is 492 g/mol. The van der Waals surface area contributed by atoms with Gasteiger partial charge in [0.15, 0.2) is 13.6 Å². The number of thioether (sulfide) groups is 1. The molecule has 0 spiro atoms. The molecule has 2 unspecified atom stereocenters. The van der Waals surface area contributed by atoms with Crippen molar-refractivity contribution in [3.05, 3.63) is 65.2 Å². The molecule has 0 radical (unpaired) electrons. The van der Waals surface area contributed by atoms with E-state index in [0.717, 1.165) is 4.90 Å². The number of rotatable bonds is 15. The van der Waals surface area contributed by atoms with Gasteiger partial charge in [0.2, 0.25) is 0 Å². The molecule has 0 bridgehead atoms. The van der Waals surface area contributed by atoms with Crippen LogP contribution in [-0.4, -0.2) is 50.9 Å². The highest BCUT2D eigenvalue weighted by Gasteiger charge is 2.29. The van der Waals surface area contributed by atoms with Gasteiger partial charge in [0.05, 0.1) is 10.3 Å². The summed E-state index contributed by atoms with van der Waals surface area (Å²) in [5.74, 6) is -0.460. The Morgan fingerprint density at radius 2 is 1.69 bits per heavy atom. The summed E-state index contributed by atoms with van der Waals surface area (Å²) in [6.07, 6.45) is 1.55. The van der Waals surface area contributed by atoms with Crippen LogP contribution in [0.25, 0.3) is 0 Å². The summed E-state index contributed by atoms with van der Waals surface area (Å²) in [4.78, 5) is 27.4. The monoisotopic (exact) mass is 522 g/mol. The van der Waals surface area contributed by atoms with Crippen LogP contribution in [0.4, 0.5) is 0 Å². The van der Waals surface area contributed by atoms with Crippen molar-refractivity contribution in [2.24, 2.45) is 0 Å². The number of halogens is 1. The molecule has 2 atom stereocenters. The fourth-order valence-electron chi connectivity index (χ4n) is 3.13. The summed E-state index contributed by atoms with van der Waals surface area (Å²) in [5, 5.41) is -0.288. The summed E-state index contributed by atoms with van der Waals surface area (Å²) < 4.78 is 26.8. The fraction of sp³-hybridized carbons (Fsp3) is 0.385. The summed E-state index contributed by atoms with van der Waals surface area (Å²) in [5.41, 5.74) is 0.311. The Kier molecular flexibility index (Phi) is 12.1. The highest BCUT2D eigenvalue weighted by Crippen LogP contribution is 2.39. The highest BCUT2D eigenvalue weighted by molar-refractivity contribution is 8.00. The molecule has 0 aliphatic heterocycles. The van der Waals surface area contributed by atoms with Gasteiger partial charge in [-0.05, 0) is 26.0 Å². The minimum Gasteiger partial charge on any atom is -0.467 e. The number of hydrogen-bond acceptors (Lipinski definition) is 8. The number of methoxy groups -OCH3 is 2. The SMILES string of the molecule is C=CCC(C)OC(=O)c1c(OCOC)cc(OCOC)c(Cl)c1CC(=O)C(C)Sc1ccccc1. The second-order valence-electron chi connectivity index (χ2n) is 7.60. The van der Waals surface area contributed by atoms with E-state index in [1.807, 2.05) is 37.3 Å². The van der Waals surface area contributed by atoms with Crippen LogP contribution >= 0.6 is 23.4 Å². The molecular formula is C26H31ClO7S. The maximum Gasteiger partial charge on any atom is 0.342 e. The molecule has 2 aromatic rings. The van der Waals surface area contributed by atoms with Crippen LogP contribution in [-0.2, 0) is 25.4 Å². The summed E-state index contributed by atoms with van der Waals surface area (Å²) in [6, 6.07) is 11.1. The summed E-state index contributed by atoms with van der Waals surface area (Å²) >= 11 is 8.08. The van der Waals surface area contributed by atoms with E-state index in [1.54, 1.807) is 13.0 Å². The average Bonchev–Trinajstić information content (AvgIpc) is 2.83. The van der Waals surface area contributed by atoms with Gasteiger partial charge >= 0.3 is 5.97 Å². The summed E-state index contributed by atoms with van der Waals surface area (Å²) in [7, 11) is 2.92. The lowest BCUT2D eigenvalue weighted by atomic mass is 9.99. The van der Waals surface area contributed by atoms with Crippen molar-refractivity contribution >= 4 is 35.1 Å². The maximum atomic E-state index is 13.2. The highest BCUT2D eigenvalue weighted by atomic mass is 35.5. The van der Waals surface area contributed by atoms with Crippen LogP contribution in [0.3, 0.4) is 0 Å². The zero-order valence-electron chi connectivity index (χ0n) is 20.4. The van der Waals surface area contributed by atoms with Crippen molar-refractivity contribution in [1.82, 2.24) is 0 Å². The Hall–Kier alpha value is -2.52. The van der Waals surface area contributed by atoms with Crippen molar-refractivity contribution in [3.63, 3.8) is 0 Å². The predicted octanol–water partition coefficient (Wildman–Crippen LogP) is 5.72. The molecule has 9 heteroatoms. The zero-order chi connectivity index (χ0) is 25.8. The number of carbonyl (C=O) groups excluding carboxylic acids is 2. The lowest BCUT2D eigenvalue weighted by Gasteiger charge is -2.21. The van der Waals surface area contributed by atoms with E-state index in [-0.39, 0.29) is 53.4 Å². The molecule has 0 saturated carbocycles. The van der Waals surface area contributed by atoms with Crippen LogP contribution < -0.4 is 9.47 Å². The van der Waals surface area contributed by atoms with Crippen molar-refractivity contribution in [2.45, 2.75) is 42.9 Å². The van der Waals surface area contributed by atoms with Gasteiger partial charge in [0.25, 0.3) is 0 Å². The van der Waals surface area contributed by atoms with Crippen molar-refractivity contribution in [3.8, 4) is 11.5 Å². The van der Waals surface area contributed by atoms with E-state index in [4.69, 9.17) is 35.3 Å². The lowest BCUT2D eigenvalue weighted by Crippen LogP contribution is -2.22. The second-order valence-corrected chi connectivity index (χ2v) is 9.39. The van der Waals surface area contributed by atoms with E-state index < -0.39 is 17.3 Å². The zero-order valence-corrected chi connectivity index (χ0v) is 21.9. The summed E-state index contributed by atoms with van der Waals surface area (Å²) in [6.45, 7) is 7.01. The molecule has 0 heterocycles. The van der Waals surface area contributed by atoms with Crippen LogP contribution in [0, 0.1) is 0 Å². The maximum absolute atomic E-state index is 13.2. The van der Waals surface area contributed by atoms with Gasteiger partial charge in [0.1, 0.15) is 28.9 Å². The van der Waals surface area contributed by atoms with E-state index in [9.17, 15) is 9.59 Å². The average molecular weight is 523 g/mol. The smallest absolute Gasteiger partial charge is 0.342 e. The molecule has 0 amide bonds. The van der Waals surface area contributed by atoms with Crippen LogP contribution in [0.5, 0.6) is 11.5 Å². The number of esters is 1. The largest absolute Gasteiger partial charge is 0.467 e. The predicted molar refractivity (Wildman–Crippen MR) is 137 cm³/mol. The number of benzene rings is 2. The molecule has 7 nitrogen and oxygen atoms in total. The van der Waals surface area contributed by atoms with E-state index in [2.05, 4.69) is 6.58 Å². The second kappa shape index (κ2) is 14.8. The van der Waals surface area contributed by atoms with Gasteiger partial charge in [-0.25, -0.2) is 4.79 Å². The third-order valence-electron chi connectivity index (χ3n) is 4.83. The van der Waals surface area contributed by atoms with E-state index >= 15 is 0 Å². The fourth-order valence-corrected chi connectivity index (χ4v) is 4.33. The molecule has 0 aliphatic rings.